The van der Waals surface area contributed by atoms with Crippen molar-refractivity contribution in [1.82, 2.24) is 0 Å². The standard InChI is InChI=1S/C24H16Cl2F3NO3/c1-32-22-10-13(3-7-21(22)33-12-14-2-6-18(25)19(26)9-14)8-17-16-5-4-15(24(27,28)29)11-20(16)30-23(17)31/h2-11H,12H2,1H3,(H,30,31)/b17-8+. The number of halogens is 5. The Labute approximate surface area is 197 Å². The van der Waals surface area contributed by atoms with Crippen molar-refractivity contribution >= 4 is 46.4 Å². The van der Waals surface area contributed by atoms with E-state index >= 15 is 0 Å². The van der Waals surface area contributed by atoms with Crippen LogP contribution in [-0.4, -0.2) is 13.0 Å². The van der Waals surface area contributed by atoms with Gasteiger partial charge in [-0.1, -0.05) is 41.4 Å². The molecule has 3 aromatic rings. The maximum Gasteiger partial charge on any atom is 0.416 e. The predicted molar refractivity (Wildman–Crippen MR) is 122 cm³/mol. The van der Waals surface area contributed by atoms with Crippen LogP contribution in [0.3, 0.4) is 0 Å². The van der Waals surface area contributed by atoms with Crippen LogP contribution in [0.2, 0.25) is 10.0 Å². The summed E-state index contributed by atoms with van der Waals surface area (Å²) in [6, 6.07) is 13.4. The SMILES string of the molecule is COc1cc(/C=C2/C(=O)Nc3cc(C(F)(F)F)ccc32)ccc1OCc1ccc(Cl)c(Cl)c1. The predicted octanol–water partition coefficient (Wildman–Crippen LogP) is 7.09. The van der Waals surface area contributed by atoms with Crippen LogP contribution < -0.4 is 14.8 Å². The molecule has 4 rings (SSSR count). The average Bonchev–Trinajstić information content (AvgIpc) is 3.08. The number of hydrogen-bond acceptors (Lipinski definition) is 3. The van der Waals surface area contributed by atoms with E-state index in [9.17, 15) is 18.0 Å². The summed E-state index contributed by atoms with van der Waals surface area (Å²) in [5.41, 5.74) is 1.38. The van der Waals surface area contributed by atoms with Gasteiger partial charge in [-0.3, -0.25) is 4.79 Å². The first kappa shape index (κ1) is 23.0. The Morgan fingerprint density at radius 3 is 2.45 bits per heavy atom. The number of alkyl halides is 3. The van der Waals surface area contributed by atoms with E-state index in [2.05, 4.69) is 5.32 Å². The van der Waals surface area contributed by atoms with E-state index in [-0.39, 0.29) is 17.9 Å². The van der Waals surface area contributed by atoms with E-state index in [1.54, 1.807) is 42.5 Å². The topological polar surface area (TPSA) is 47.6 Å². The third-order valence-corrected chi connectivity index (χ3v) is 5.75. The molecular formula is C24H16Cl2F3NO3. The highest BCUT2D eigenvalue weighted by molar-refractivity contribution is 6.42. The molecule has 0 aromatic heterocycles. The number of anilines is 1. The maximum absolute atomic E-state index is 13.0. The van der Waals surface area contributed by atoms with Crippen LogP contribution in [0.25, 0.3) is 11.6 Å². The summed E-state index contributed by atoms with van der Waals surface area (Å²) in [6.07, 6.45) is -2.91. The van der Waals surface area contributed by atoms with Crippen molar-refractivity contribution in [3.8, 4) is 11.5 Å². The molecule has 1 N–H and O–H groups in total. The van der Waals surface area contributed by atoms with Crippen molar-refractivity contribution in [3.05, 3.63) is 86.9 Å². The fourth-order valence-corrected chi connectivity index (χ4v) is 3.69. The van der Waals surface area contributed by atoms with Crippen LogP contribution in [0.1, 0.15) is 22.3 Å². The number of fused-ring (bicyclic) bond motifs is 1. The zero-order valence-corrected chi connectivity index (χ0v) is 18.6. The van der Waals surface area contributed by atoms with Crippen molar-refractivity contribution in [2.45, 2.75) is 12.8 Å². The van der Waals surface area contributed by atoms with Gasteiger partial charge in [-0.15, -0.1) is 0 Å². The van der Waals surface area contributed by atoms with Gasteiger partial charge in [0.1, 0.15) is 6.61 Å². The quantitative estimate of drug-likeness (QED) is 0.385. The fraction of sp³-hybridized carbons (Fsp3) is 0.125. The van der Waals surface area contributed by atoms with Gasteiger partial charge in [0.25, 0.3) is 5.91 Å². The smallest absolute Gasteiger partial charge is 0.416 e. The second kappa shape index (κ2) is 9.00. The van der Waals surface area contributed by atoms with Crippen molar-refractivity contribution in [2.75, 3.05) is 12.4 Å². The molecule has 1 aliphatic rings. The zero-order valence-electron chi connectivity index (χ0n) is 17.1. The molecule has 0 saturated carbocycles. The van der Waals surface area contributed by atoms with Gasteiger partial charge in [-0.05, 0) is 53.6 Å². The molecule has 9 heteroatoms. The second-order valence-corrected chi connectivity index (χ2v) is 8.03. The molecular weight excluding hydrogens is 478 g/mol. The first-order valence-electron chi connectivity index (χ1n) is 9.65. The summed E-state index contributed by atoms with van der Waals surface area (Å²) in [5, 5.41) is 3.35. The van der Waals surface area contributed by atoms with Crippen LogP contribution in [0.15, 0.2) is 54.6 Å². The van der Waals surface area contributed by atoms with Crippen LogP contribution in [0.4, 0.5) is 18.9 Å². The highest BCUT2D eigenvalue weighted by Crippen LogP contribution is 2.39. The van der Waals surface area contributed by atoms with E-state index in [4.69, 9.17) is 32.7 Å². The number of nitrogens with one attached hydrogen (secondary N) is 1. The fourth-order valence-electron chi connectivity index (χ4n) is 3.36. The van der Waals surface area contributed by atoms with Crippen LogP contribution in [-0.2, 0) is 17.6 Å². The molecule has 0 bridgehead atoms. The van der Waals surface area contributed by atoms with Crippen LogP contribution in [0, 0.1) is 0 Å². The molecule has 0 radical (unpaired) electrons. The molecule has 170 valence electrons. The van der Waals surface area contributed by atoms with Crippen molar-refractivity contribution in [3.63, 3.8) is 0 Å². The Hall–Kier alpha value is -3.16. The highest BCUT2D eigenvalue weighted by atomic mass is 35.5. The normalized spacial score (nSPS) is 14.2. The Morgan fingerprint density at radius 2 is 1.76 bits per heavy atom. The summed E-state index contributed by atoms with van der Waals surface area (Å²) in [5.74, 6) is 0.413. The van der Waals surface area contributed by atoms with Gasteiger partial charge in [-0.25, -0.2) is 0 Å². The van der Waals surface area contributed by atoms with E-state index in [0.717, 1.165) is 17.7 Å². The minimum Gasteiger partial charge on any atom is -0.493 e. The summed E-state index contributed by atoms with van der Waals surface area (Å²) in [4.78, 5) is 12.4. The van der Waals surface area contributed by atoms with E-state index in [1.165, 1.54) is 13.2 Å². The molecule has 33 heavy (non-hydrogen) atoms. The molecule has 3 aromatic carbocycles. The third kappa shape index (κ3) is 4.94. The lowest BCUT2D eigenvalue weighted by Crippen LogP contribution is -2.06. The van der Waals surface area contributed by atoms with Gasteiger partial charge in [0.2, 0.25) is 0 Å². The van der Waals surface area contributed by atoms with E-state index in [0.29, 0.717) is 32.7 Å². The Bertz CT molecular complexity index is 1270. The zero-order chi connectivity index (χ0) is 23.8. The lowest BCUT2D eigenvalue weighted by Gasteiger charge is -2.12. The largest absolute Gasteiger partial charge is 0.493 e. The molecule has 0 fully saturated rings. The monoisotopic (exact) mass is 493 g/mol. The van der Waals surface area contributed by atoms with Gasteiger partial charge in [-0.2, -0.15) is 13.2 Å². The lowest BCUT2D eigenvalue weighted by molar-refractivity contribution is -0.137. The molecule has 1 aliphatic heterocycles. The van der Waals surface area contributed by atoms with Gasteiger partial charge in [0.05, 0.1) is 22.7 Å². The molecule has 0 unspecified atom stereocenters. The van der Waals surface area contributed by atoms with Gasteiger partial charge < -0.3 is 14.8 Å². The molecule has 0 atom stereocenters. The number of methoxy groups -OCH3 is 1. The Balaban J connectivity index is 1.58. The number of hydrogen-bond donors (Lipinski definition) is 1. The number of ether oxygens (including phenoxy) is 2. The van der Waals surface area contributed by atoms with Crippen LogP contribution in [0.5, 0.6) is 11.5 Å². The third-order valence-electron chi connectivity index (χ3n) is 5.01. The summed E-state index contributed by atoms with van der Waals surface area (Å²) in [6.45, 7) is 0.227. The van der Waals surface area contributed by atoms with E-state index in [1.807, 2.05) is 0 Å². The lowest BCUT2D eigenvalue weighted by atomic mass is 10.0. The molecule has 0 aliphatic carbocycles. The van der Waals surface area contributed by atoms with Crippen LogP contribution >= 0.6 is 23.2 Å². The number of benzene rings is 3. The Morgan fingerprint density at radius 1 is 0.970 bits per heavy atom. The van der Waals surface area contributed by atoms with Crippen molar-refractivity contribution in [1.29, 1.82) is 0 Å². The van der Waals surface area contributed by atoms with Crippen molar-refractivity contribution in [2.24, 2.45) is 0 Å². The highest BCUT2D eigenvalue weighted by Gasteiger charge is 2.33. The first-order valence-corrected chi connectivity index (χ1v) is 10.4. The number of carbonyl (C=O) groups is 1. The molecule has 0 saturated heterocycles. The minimum atomic E-state index is -4.49. The molecule has 4 nitrogen and oxygen atoms in total. The molecule has 0 spiro atoms. The minimum absolute atomic E-state index is 0.120. The summed E-state index contributed by atoms with van der Waals surface area (Å²) >= 11 is 12.0. The molecule has 1 amide bonds. The summed E-state index contributed by atoms with van der Waals surface area (Å²) in [7, 11) is 1.48. The van der Waals surface area contributed by atoms with Gasteiger partial charge >= 0.3 is 6.18 Å². The first-order chi connectivity index (χ1) is 15.7. The number of rotatable bonds is 5. The summed E-state index contributed by atoms with van der Waals surface area (Å²) < 4.78 is 50.1. The number of carbonyl (C=O) groups excluding carboxylic acids is 1. The number of amides is 1. The Kier molecular flexibility index (Phi) is 6.28. The van der Waals surface area contributed by atoms with Gasteiger partial charge in [0.15, 0.2) is 11.5 Å². The van der Waals surface area contributed by atoms with Crippen molar-refractivity contribution < 1.29 is 27.4 Å². The average molecular weight is 494 g/mol. The molecule has 1 heterocycles. The van der Waals surface area contributed by atoms with E-state index < -0.39 is 17.6 Å². The second-order valence-electron chi connectivity index (χ2n) is 7.22. The van der Waals surface area contributed by atoms with Gasteiger partial charge in [0, 0.05) is 16.8 Å². The maximum atomic E-state index is 13.0.